The summed E-state index contributed by atoms with van der Waals surface area (Å²) >= 11 is 3.51. The Kier molecular flexibility index (Phi) is 3.99. The molecule has 1 aromatic carbocycles. The first-order chi connectivity index (χ1) is 10.7. The Balaban J connectivity index is 1.24. The summed E-state index contributed by atoms with van der Waals surface area (Å²) in [6.07, 6.45) is 5.02. The van der Waals surface area contributed by atoms with Gasteiger partial charge in [-0.25, -0.2) is 0 Å². The van der Waals surface area contributed by atoms with E-state index in [1.807, 2.05) is 6.07 Å². The maximum atomic E-state index is 12.3. The van der Waals surface area contributed by atoms with E-state index in [1.165, 1.54) is 37.9 Å². The van der Waals surface area contributed by atoms with E-state index in [0.29, 0.717) is 11.8 Å². The van der Waals surface area contributed by atoms with E-state index in [0.717, 1.165) is 23.5 Å². The summed E-state index contributed by atoms with van der Waals surface area (Å²) in [5.74, 6) is 1.53. The van der Waals surface area contributed by atoms with Gasteiger partial charge in [-0.05, 0) is 61.8 Å². The molecule has 1 aliphatic heterocycles. The number of hydrogen-bond acceptors (Lipinski definition) is 2. The van der Waals surface area contributed by atoms with Crippen molar-refractivity contribution in [1.29, 1.82) is 0 Å². The molecule has 0 spiro atoms. The van der Waals surface area contributed by atoms with Crippen LogP contribution in [-0.4, -0.2) is 36.5 Å². The fraction of sp³-hybridized carbons (Fsp3) is 0.611. The molecule has 3 atom stereocenters. The van der Waals surface area contributed by atoms with Gasteiger partial charge in [-0.1, -0.05) is 28.1 Å². The van der Waals surface area contributed by atoms with Crippen molar-refractivity contribution in [2.45, 2.75) is 37.6 Å². The molecule has 3 nitrogen and oxygen atoms in total. The highest BCUT2D eigenvalue weighted by Crippen LogP contribution is 2.48. The zero-order chi connectivity index (χ0) is 15.1. The molecule has 1 aromatic rings. The maximum Gasteiger partial charge on any atom is 0.223 e. The molecule has 3 aliphatic rings. The molecule has 0 unspecified atom stereocenters. The highest BCUT2D eigenvalue weighted by atomic mass is 79.9. The quantitative estimate of drug-likeness (QED) is 0.872. The van der Waals surface area contributed by atoms with Crippen LogP contribution >= 0.6 is 15.9 Å². The fourth-order valence-corrected chi connectivity index (χ4v) is 4.18. The normalized spacial score (nSPS) is 31.2. The molecule has 1 heterocycles. The number of halogens is 1. The summed E-state index contributed by atoms with van der Waals surface area (Å²) in [5.41, 5.74) is 1.29. The smallest absolute Gasteiger partial charge is 0.223 e. The lowest BCUT2D eigenvalue weighted by molar-refractivity contribution is -0.122. The van der Waals surface area contributed by atoms with Gasteiger partial charge in [0.1, 0.15) is 0 Å². The predicted octanol–water partition coefficient (Wildman–Crippen LogP) is 3.15. The van der Waals surface area contributed by atoms with Gasteiger partial charge in [0.25, 0.3) is 0 Å². The third-order valence-corrected chi connectivity index (χ3v) is 5.84. The molecule has 0 aromatic heterocycles. The Labute approximate surface area is 140 Å². The van der Waals surface area contributed by atoms with E-state index >= 15 is 0 Å². The largest absolute Gasteiger partial charge is 0.356 e. The molecule has 118 valence electrons. The molecule has 22 heavy (non-hydrogen) atoms. The summed E-state index contributed by atoms with van der Waals surface area (Å²) in [4.78, 5) is 14.9. The molecular formula is C18H23BrN2O. The van der Waals surface area contributed by atoms with Gasteiger partial charge in [-0.3, -0.25) is 4.79 Å². The molecule has 1 N–H and O–H groups in total. The zero-order valence-electron chi connectivity index (χ0n) is 12.8. The zero-order valence-corrected chi connectivity index (χ0v) is 14.4. The molecule has 4 heteroatoms. The van der Waals surface area contributed by atoms with E-state index < -0.39 is 0 Å². The number of nitrogens with zero attached hydrogens (tertiary/aromatic N) is 1. The van der Waals surface area contributed by atoms with E-state index in [9.17, 15) is 4.79 Å². The molecule has 3 fully saturated rings. The second-order valence-electron chi connectivity index (χ2n) is 7.13. The van der Waals surface area contributed by atoms with Crippen LogP contribution in [0.4, 0.5) is 0 Å². The minimum absolute atomic E-state index is 0.190. The fourth-order valence-electron chi connectivity index (χ4n) is 3.77. The Morgan fingerprint density at radius 3 is 2.95 bits per heavy atom. The number of rotatable bonds is 5. The van der Waals surface area contributed by atoms with E-state index in [2.05, 4.69) is 44.3 Å². The van der Waals surface area contributed by atoms with Crippen LogP contribution in [0.25, 0.3) is 0 Å². The van der Waals surface area contributed by atoms with Crippen molar-refractivity contribution in [3.05, 3.63) is 34.3 Å². The monoisotopic (exact) mass is 362 g/mol. The van der Waals surface area contributed by atoms with Crippen molar-refractivity contribution in [2.24, 2.45) is 11.8 Å². The summed E-state index contributed by atoms with van der Waals surface area (Å²) in [5, 5.41) is 3.20. The highest BCUT2D eigenvalue weighted by molar-refractivity contribution is 9.10. The Hall–Kier alpha value is -0.870. The number of nitrogens with one attached hydrogen (secondary N) is 1. The molecule has 1 saturated heterocycles. The minimum atomic E-state index is 0.190. The van der Waals surface area contributed by atoms with E-state index in [4.69, 9.17) is 0 Å². The second-order valence-corrected chi connectivity index (χ2v) is 8.05. The SMILES string of the molecule is O=C(NC[C@@H]1CCN(C2CC2)C1)[C@H]1C[C@H]1c1cccc(Br)c1. The number of hydrogen-bond donors (Lipinski definition) is 1. The van der Waals surface area contributed by atoms with Crippen molar-refractivity contribution in [3.63, 3.8) is 0 Å². The average molecular weight is 363 g/mol. The lowest BCUT2D eigenvalue weighted by Gasteiger charge is -2.15. The first kappa shape index (κ1) is 14.7. The van der Waals surface area contributed by atoms with Gasteiger partial charge in [0, 0.05) is 29.5 Å². The predicted molar refractivity (Wildman–Crippen MR) is 90.7 cm³/mol. The maximum absolute atomic E-state index is 12.3. The number of benzene rings is 1. The molecule has 0 radical (unpaired) electrons. The number of carbonyl (C=O) groups is 1. The molecule has 2 saturated carbocycles. The molecule has 1 amide bonds. The van der Waals surface area contributed by atoms with Gasteiger partial charge in [-0.15, -0.1) is 0 Å². The Bertz CT molecular complexity index is 572. The third kappa shape index (κ3) is 3.23. The number of amides is 1. The minimum Gasteiger partial charge on any atom is -0.356 e. The topological polar surface area (TPSA) is 32.3 Å². The van der Waals surface area contributed by atoms with Crippen molar-refractivity contribution in [2.75, 3.05) is 19.6 Å². The highest BCUT2D eigenvalue weighted by Gasteiger charge is 2.44. The van der Waals surface area contributed by atoms with Crippen molar-refractivity contribution in [3.8, 4) is 0 Å². The average Bonchev–Trinajstić information content (AvgIpc) is 3.43. The van der Waals surface area contributed by atoms with Gasteiger partial charge in [0.05, 0.1) is 0 Å². The van der Waals surface area contributed by atoms with Crippen LogP contribution < -0.4 is 5.32 Å². The van der Waals surface area contributed by atoms with Gasteiger partial charge >= 0.3 is 0 Å². The van der Waals surface area contributed by atoms with Crippen LogP contribution in [0.3, 0.4) is 0 Å². The van der Waals surface area contributed by atoms with Gasteiger partial charge < -0.3 is 10.2 Å². The lowest BCUT2D eigenvalue weighted by Crippen LogP contribution is -2.32. The van der Waals surface area contributed by atoms with Gasteiger partial charge in [0.15, 0.2) is 0 Å². The third-order valence-electron chi connectivity index (χ3n) is 5.35. The number of carbonyl (C=O) groups excluding carboxylic acids is 1. The molecule has 0 bridgehead atoms. The summed E-state index contributed by atoms with van der Waals surface area (Å²) < 4.78 is 1.10. The van der Waals surface area contributed by atoms with Crippen LogP contribution in [0.15, 0.2) is 28.7 Å². The van der Waals surface area contributed by atoms with E-state index in [-0.39, 0.29) is 11.8 Å². The van der Waals surface area contributed by atoms with Crippen LogP contribution in [0, 0.1) is 11.8 Å². The molecular weight excluding hydrogens is 340 g/mol. The van der Waals surface area contributed by atoms with Crippen LogP contribution in [-0.2, 0) is 4.79 Å². The van der Waals surface area contributed by atoms with Gasteiger partial charge in [0.2, 0.25) is 5.91 Å². The first-order valence-corrected chi connectivity index (χ1v) is 9.27. The van der Waals surface area contributed by atoms with Crippen LogP contribution in [0.1, 0.15) is 37.2 Å². The van der Waals surface area contributed by atoms with Gasteiger partial charge in [-0.2, -0.15) is 0 Å². The molecule has 2 aliphatic carbocycles. The molecule has 4 rings (SSSR count). The van der Waals surface area contributed by atoms with E-state index in [1.54, 1.807) is 0 Å². The van der Waals surface area contributed by atoms with Crippen LogP contribution in [0.5, 0.6) is 0 Å². The first-order valence-electron chi connectivity index (χ1n) is 8.48. The standard InChI is InChI=1S/C18H23BrN2O/c19-14-3-1-2-13(8-14)16-9-17(16)18(22)20-10-12-6-7-21(11-12)15-4-5-15/h1-3,8,12,15-17H,4-7,9-11H2,(H,20,22)/t12-,16-,17-/m0/s1. The Morgan fingerprint density at radius 2 is 2.18 bits per heavy atom. The summed E-state index contributed by atoms with van der Waals surface area (Å²) in [6, 6.07) is 9.23. The van der Waals surface area contributed by atoms with Crippen LogP contribution in [0.2, 0.25) is 0 Å². The summed E-state index contributed by atoms with van der Waals surface area (Å²) in [7, 11) is 0. The van der Waals surface area contributed by atoms with Crippen molar-refractivity contribution in [1.82, 2.24) is 10.2 Å². The lowest BCUT2D eigenvalue weighted by atomic mass is 10.1. The summed E-state index contributed by atoms with van der Waals surface area (Å²) in [6.45, 7) is 3.28. The number of likely N-dealkylation sites (tertiary alicyclic amines) is 1. The Morgan fingerprint density at radius 1 is 1.32 bits per heavy atom. The van der Waals surface area contributed by atoms with Crippen molar-refractivity contribution < 1.29 is 4.79 Å². The van der Waals surface area contributed by atoms with Crippen molar-refractivity contribution >= 4 is 21.8 Å². The second kappa shape index (κ2) is 5.97.